The third-order valence-electron chi connectivity index (χ3n) is 5.08. The minimum Gasteiger partial charge on any atom is -0.382 e. The molecule has 2 amide bonds. The number of nitrogens with one attached hydrogen (secondary N) is 2. The number of anilines is 1. The second kappa shape index (κ2) is 9.22. The van der Waals surface area contributed by atoms with Crippen molar-refractivity contribution >= 4 is 17.5 Å². The molecule has 0 aliphatic rings. The van der Waals surface area contributed by atoms with Gasteiger partial charge in [0.15, 0.2) is 0 Å². The summed E-state index contributed by atoms with van der Waals surface area (Å²) in [5, 5.41) is 19.6. The van der Waals surface area contributed by atoms with Gasteiger partial charge in [0.1, 0.15) is 23.1 Å². The summed E-state index contributed by atoms with van der Waals surface area (Å²) in [6, 6.07) is 15.3. The molecule has 3 heterocycles. The molecule has 4 rings (SSSR count). The number of fused-ring (bicyclic) bond motifs is 1. The lowest BCUT2D eigenvalue weighted by molar-refractivity contribution is 0.240. The van der Waals surface area contributed by atoms with Crippen molar-refractivity contribution in [1.82, 2.24) is 29.8 Å². The van der Waals surface area contributed by atoms with E-state index in [2.05, 4.69) is 26.8 Å². The molecule has 0 bridgehead atoms. The van der Waals surface area contributed by atoms with Gasteiger partial charge in [-0.2, -0.15) is 10.4 Å². The van der Waals surface area contributed by atoms with Crippen LogP contribution in [-0.4, -0.2) is 31.7 Å². The summed E-state index contributed by atoms with van der Waals surface area (Å²) < 4.78 is 3.50. The Kier molecular flexibility index (Phi) is 6.03. The number of benzene rings is 1. The van der Waals surface area contributed by atoms with Gasteiger partial charge in [0.05, 0.1) is 23.6 Å². The van der Waals surface area contributed by atoms with Crippen LogP contribution in [0.4, 0.5) is 10.6 Å². The highest BCUT2D eigenvalue weighted by molar-refractivity contribution is 5.73. The van der Waals surface area contributed by atoms with Gasteiger partial charge in [-0.05, 0) is 49.6 Å². The molecule has 1 aromatic carbocycles. The Morgan fingerprint density at radius 1 is 1.22 bits per heavy atom. The van der Waals surface area contributed by atoms with Crippen LogP contribution < -0.4 is 16.4 Å². The van der Waals surface area contributed by atoms with E-state index in [9.17, 15) is 10.1 Å². The Labute approximate surface area is 185 Å². The zero-order valence-corrected chi connectivity index (χ0v) is 17.7. The second-order valence-corrected chi connectivity index (χ2v) is 7.48. The summed E-state index contributed by atoms with van der Waals surface area (Å²) in [6.45, 7) is 2.79. The van der Waals surface area contributed by atoms with Gasteiger partial charge in [-0.1, -0.05) is 18.2 Å². The highest BCUT2D eigenvalue weighted by Gasteiger charge is 2.16. The van der Waals surface area contributed by atoms with Crippen LogP contribution in [0.15, 0.2) is 54.9 Å². The fourth-order valence-corrected chi connectivity index (χ4v) is 3.45. The molecule has 32 heavy (non-hydrogen) atoms. The highest BCUT2D eigenvalue weighted by Crippen LogP contribution is 2.21. The molecule has 0 radical (unpaired) electrons. The molecule has 0 aliphatic heterocycles. The Morgan fingerprint density at radius 3 is 2.81 bits per heavy atom. The van der Waals surface area contributed by atoms with E-state index in [0.29, 0.717) is 43.0 Å². The maximum atomic E-state index is 12.1. The quantitative estimate of drug-likeness (QED) is 0.390. The molecule has 4 aromatic rings. The number of para-hydroxylation sites is 1. The standard InChI is InChI=1S/C23H24N8O/c1-16-9-11-30-15-17(28-21(30)12-16)14-27-23(32)26-10-5-8-20-19(13-24)22(25)31(29-20)18-6-3-2-4-7-18/h2-4,6-7,9,11-12,15H,5,8,10,14,25H2,1H3,(H2,26,27,32). The smallest absolute Gasteiger partial charge is 0.315 e. The number of carbonyl (C=O) groups is 1. The molecule has 9 nitrogen and oxygen atoms in total. The van der Waals surface area contributed by atoms with Gasteiger partial charge in [0.25, 0.3) is 0 Å². The predicted molar refractivity (Wildman–Crippen MR) is 121 cm³/mol. The SMILES string of the molecule is Cc1ccn2cc(CNC(=O)NCCCc3nn(-c4ccccc4)c(N)c3C#N)nc2c1. The summed E-state index contributed by atoms with van der Waals surface area (Å²) in [5.41, 5.74) is 10.7. The lowest BCUT2D eigenvalue weighted by Gasteiger charge is -2.06. The summed E-state index contributed by atoms with van der Waals surface area (Å²) in [6.07, 6.45) is 4.99. The third-order valence-corrected chi connectivity index (χ3v) is 5.08. The van der Waals surface area contributed by atoms with E-state index in [0.717, 1.165) is 22.6 Å². The van der Waals surface area contributed by atoms with Gasteiger partial charge >= 0.3 is 6.03 Å². The molecular formula is C23H24N8O. The van der Waals surface area contributed by atoms with Crippen LogP contribution in [-0.2, 0) is 13.0 Å². The van der Waals surface area contributed by atoms with Gasteiger partial charge in [-0.25, -0.2) is 14.5 Å². The van der Waals surface area contributed by atoms with Crippen LogP contribution >= 0.6 is 0 Å². The first-order valence-electron chi connectivity index (χ1n) is 10.3. The minimum atomic E-state index is -0.270. The molecule has 0 aliphatic carbocycles. The van der Waals surface area contributed by atoms with Gasteiger partial charge in [0.2, 0.25) is 0 Å². The zero-order chi connectivity index (χ0) is 22.5. The maximum Gasteiger partial charge on any atom is 0.315 e. The number of urea groups is 1. The molecule has 162 valence electrons. The maximum absolute atomic E-state index is 12.1. The van der Waals surface area contributed by atoms with Crippen LogP contribution in [0.5, 0.6) is 0 Å². The van der Waals surface area contributed by atoms with Crippen molar-refractivity contribution in [1.29, 1.82) is 5.26 Å². The van der Waals surface area contributed by atoms with Gasteiger partial charge in [0, 0.05) is 18.9 Å². The first-order chi connectivity index (χ1) is 15.5. The monoisotopic (exact) mass is 428 g/mol. The van der Waals surface area contributed by atoms with E-state index < -0.39 is 0 Å². The Bertz CT molecular complexity index is 1280. The van der Waals surface area contributed by atoms with Crippen molar-refractivity contribution in [2.24, 2.45) is 0 Å². The lowest BCUT2D eigenvalue weighted by atomic mass is 10.1. The Hall–Kier alpha value is -4.32. The van der Waals surface area contributed by atoms with Crippen LogP contribution in [0.1, 0.15) is 28.9 Å². The number of nitriles is 1. The molecular weight excluding hydrogens is 404 g/mol. The van der Waals surface area contributed by atoms with E-state index in [-0.39, 0.29) is 6.03 Å². The molecule has 0 unspecified atom stereocenters. The van der Waals surface area contributed by atoms with Crippen LogP contribution in [0, 0.1) is 18.3 Å². The Balaban J connectivity index is 1.27. The molecule has 3 aromatic heterocycles. The summed E-state index contributed by atoms with van der Waals surface area (Å²) >= 11 is 0. The van der Waals surface area contributed by atoms with Crippen molar-refractivity contribution in [2.45, 2.75) is 26.3 Å². The number of amides is 2. The number of imidazole rings is 1. The summed E-state index contributed by atoms with van der Waals surface area (Å²) in [4.78, 5) is 16.6. The molecule has 9 heteroatoms. The fraction of sp³-hybridized carbons (Fsp3) is 0.217. The molecule has 4 N–H and O–H groups in total. The number of rotatable bonds is 7. The van der Waals surface area contributed by atoms with Gasteiger partial charge < -0.3 is 20.8 Å². The minimum absolute atomic E-state index is 0.270. The van der Waals surface area contributed by atoms with Crippen molar-refractivity contribution in [3.05, 3.63) is 77.4 Å². The van der Waals surface area contributed by atoms with E-state index in [1.807, 2.05) is 66.2 Å². The number of nitrogens with two attached hydrogens (primary N) is 1. The molecule has 0 saturated carbocycles. The summed E-state index contributed by atoms with van der Waals surface area (Å²) in [7, 11) is 0. The first-order valence-corrected chi connectivity index (χ1v) is 10.3. The van der Waals surface area contributed by atoms with Gasteiger partial charge in [-0.3, -0.25) is 0 Å². The normalized spacial score (nSPS) is 10.8. The van der Waals surface area contributed by atoms with Crippen LogP contribution in [0.2, 0.25) is 0 Å². The Morgan fingerprint density at radius 2 is 2.03 bits per heavy atom. The van der Waals surface area contributed by atoms with Gasteiger partial charge in [-0.15, -0.1) is 0 Å². The molecule has 0 spiro atoms. The van der Waals surface area contributed by atoms with Crippen LogP contribution in [0.25, 0.3) is 11.3 Å². The zero-order valence-electron chi connectivity index (χ0n) is 17.7. The average Bonchev–Trinajstić information content (AvgIpc) is 3.35. The van der Waals surface area contributed by atoms with Crippen molar-refractivity contribution < 1.29 is 4.79 Å². The lowest BCUT2D eigenvalue weighted by Crippen LogP contribution is -2.35. The van der Waals surface area contributed by atoms with Crippen molar-refractivity contribution in [3.63, 3.8) is 0 Å². The van der Waals surface area contributed by atoms with E-state index >= 15 is 0 Å². The molecule has 0 fully saturated rings. The number of nitrogen functional groups attached to an aromatic ring is 1. The number of aryl methyl sites for hydroxylation is 2. The number of pyridine rings is 1. The van der Waals surface area contributed by atoms with Crippen LogP contribution in [0.3, 0.4) is 0 Å². The molecule has 0 atom stereocenters. The fourth-order valence-electron chi connectivity index (χ4n) is 3.45. The first kappa shape index (κ1) is 20.9. The third kappa shape index (κ3) is 4.54. The van der Waals surface area contributed by atoms with E-state index in [1.54, 1.807) is 4.68 Å². The van der Waals surface area contributed by atoms with E-state index in [4.69, 9.17) is 5.73 Å². The largest absolute Gasteiger partial charge is 0.382 e. The highest BCUT2D eigenvalue weighted by atomic mass is 16.2. The predicted octanol–water partition coefficient (Wildman–Crippen LogP) is 2.71. The van der Waals surface area contributed by atoms with Crippen molar-refractivity contribution in [3.8, 4) is 11.8 Å². The average molecular weight is 429 g/mol. The number of hydrogen-bond acceptors (Lipinski definition) is 5. The topological polar surface area (TPSA) is 126 Å². The van der Waals surface area contributed by atoms with Crippen molar-refractivity contribution in [2.75, 3.05) is 12.3 Å². The number of carbonyl (C=O) groups excluding carboxylic acids is 1. The summed E-state index contributed by atoms with van der Waals surface area (Å²) in [5.74, 6) is 0.321. The van der Waals surface area contributed by atoms with E-state index in [1.165, 1.54) is 0 Å². The molecule has 0 saturated heterocycles. The second-order valence-electron chi connectivity index (χ2n) is 7.48. The number of aromatic nitrogens is 4. The number of nitrogens with zero attached hydrogens (tertiary/aromatic N) is 5. The number of hydrogen-bond donors (Lipinski definition) is 3.